The van der Waals surface area contributed by atoms with Crippen LogP contribution in [0.5, 0.6) is 0 Å². The van der Waals surface area contributed by atoms with Gasteiger partial charge < -0.3 is 14.6 Å². The number of hydrogen-bond acceptors (Lipinski definition) is 4. The summed E-state index contributed by atoms with van der Waals surface area (Å²) >= 11 is 0. The standard InChI is InChI=1S/C11H22O4/c1-6-14-10(13)8(2)9(12)7-15-11(3,4)5/h8-9,12H,6-7H2,1-5H3. The van der Waals surface area contributed by atoms with E-state index in [0.29, 0.717) is 6.61 Å². The molecule has 0 aromatic carbocycles. The van der Waals surface area contributed by atoms with Crippen LogP contribution in [-0.4, -0.2) is 36.0 Å². The Morgan fingerprint density at radius 2 is 1.93 bits per heavy atom. The summed E-state index contributed by atoms with van der Waals surface area (Å²) in [5, 5.41) is 9.65. The SMILES string of the molecule is CCOC(=O)C(C)C(O)COC(C)(C)C. The fourth-order valence-electron chi connectivity index (χ4n) is 0.911. The average Bonchev–Trinajstić information content (AvgIpc) is 2.12. The van der Waals surface area contributed by atoms with Gasteiger partial charge in [-0.1, -0.05) is 0 Å². The van der Waals surface area contributed by atoms with E-state index in [-0.39, 0.29) is 18.2 Å². The van der Waals surface area contributed by atoms with Gasteiger partial charge in [0.05, 0.1) is 30.8 Å². The molecule has 90 valence electrons. The van der Waals surface area contributed by atoms with E-state index < -0.39 is 12.0 Å². The van der Waals surface area contributed by atoms with Crippen molar-refractivity contribution in [2.24, 2.45) is 5.92 Å². The van der Waals surface area contributed by atoms with Crippen molar-refractivity contribution >= 4 is 5.97 Å². The van der Waals surface area contributed by atoms with Crippen LogP contribution in [0.25, 0.3) is 0 Å². The molecule has 0 heterocycles. The number of carbonyl (C=O) groups is 1. The molecule has 0 amide bonds. The van der Waals surface area contributed by atoms with Crippen LogP contribution in [0, 0.1) is 5.92 Å². The van der Waals surface area contributed by atoms with Crippen molar-refractivity contribution in [1.29, 1.82) is 0 Å². The molecule has 4 heteroatoms. The molecule has 0 rings (SSSR count). The van der Waals surface area contributed by atoms with Crippen molar-refractivity contribution in [2.75, 3.05) is 13.2 Å². The van der Waals surface area contributed by atoms with Crippen molar-refractivity contribution in [3.63, 3.8) is 0 Å². The number of carbonyl (C=O) groups excluding carboxylic acids is 1. The van der Waals surface area contributed by atoms with Gasteiger partial charge in [-0.15, -0.1) is 0 Å². The highest BCUT2D eigenvalue weighted by molar-refractivity contribution is 5.72. The van der Waals surface area contributed by atoms with Crippen LogP contribution >= 0.6 is 0 Å². The monoisotopic (exact) mass is 218 g/mol. The normalized spacial score (nSPS) is 15.9. The second-order valence-electron chi connectivity index (χ2n) is 4.53. The Labute approximate surface area is 91.6 Å². The van der Waals surface area contributed by atoms with E-state index >= 15 is 0 Å². The van der Waals surface area contributed by atoms with E-state index in [4.69, 9.17) is 9.47 Å². The summed E-state index contributed by atoms with van der Waals surface area (Å²) in [7, 11) is 0. The van der Waals surface area contributed by atoms with Gasteiger partial charge in [-0.25, -0.2) is 0 Å². The molecule has 0 aliphatic heterocycles. The first-order chi connectivity index (χ1) is 6.78. The Morgan fingerprint density at radius 3 is 2.33 bits per heavy atom. The molecule has 0 saturated carbocycles. The molecule has 0 aromatic heterocycles. The van der Waals surface area contributed by atoms with Crippen molar-refractivity contribution < 1.29 is 19.4 Å². The highest BCUT2D eigenvalue weighted by Crippen LogP contribution is 2.11. The molecule has 0 fully saturated rings. The molecule has 1 N–H and O–H groups in total. The summed E-state index contributed by atoms with van der Waals surface area (Å²) in [6.45, 7) is 9.54. The van der Waals surface area contributed by atoms with Gasteiger partial charge in [0.1, 0.15) is 0 Å². The average molecular weight is 218 g/mol. The number of rotatable bonds is 5. The zero-order valence-electron chi connectivity index (χ0n) is 10.2. The predicted molar refractivity (Wildman–Crippen MR) is 57.5 cm³/mol. The molecule has 0 spiro atoms. The third-order valence-corrected chi connectivity index (χ3v) is 1.92. The Kier molecular flexibility index (Phi) is 5.83. The van der Waals surface area contributed by atoms with Gasteiger partial charge in [0.25, 0.3) is 0 Å². The predicted octanol–water partition coefficient (Wildman–Crippen LogP) is 1.36. The fraction of sp³-hybridized carbons (Fsp3) is 0.909. The molecular weight excluding hydrogens is 196 g/mol. The van der Waals surface area contributed by atoms with Gasteiger partial charge in [0.2, 0.25) is 0 Å². The van der Waals surface area contributed by atoms with Crippen molar-refractivity contribution in [2.45, 2.75) is 46.3 Å². The molecule has 0 aliphatic carbocycles. The van der Waals surface area contributed by atoms with Gasteiger partial charge in [-0.3, -0.25) is 4.79 Å². The quantitative estimate of drug-likeness (QED) is 0.708. The number of hydrogen-bond donors (Lipinski definition) is 1. The largest absolute Gasteiger partial charge is 0.466 e. The highest BCUT2D eigenvalue weighted by Gasteiger charge is 2.25. The van der Waals surface area contributed by atoms with Crippen molar-refractivity contribution in [1.82, 2.24) is 0 Å². The van der Waals surface area contributed by atoms with Gasteiger partial charge in [0, 0.05) is 0 Å². The molecule has 4 nitrogen and oxygen atoms in total. The maximum Gasteiger partial charge on any atom is 0.311 e. The first-order valence-corrected chi connectivity index (χ1v) is 5.26. The maximum absolute atomic E-state index is 11.3. The number of aliphatic hydroxyl groups excluding tert-OH is 1. The molecule has 0 saturated heterocycles. The van der Waals surface area contributed by atoms with Crippen LogP contribution < -0.4 is 0 Å². The number of ether oxygens (including phenoxy) is 2. The van der Waals surface area contributed by atoms with Gasteiger partial charge >= 0.3 is 5.97 Å². The summed E-state index contributed by atoms with van der Waals surface area (Å²) in [5.41, 5.74) is -0.310. The van der Waals surface area contributed by atoms with E-state index in [1.54, 1.807) is 13.8 Å². The van der Waals surface area contributed by atoms with Gasteiger partial charge in [-0.2, -0.15) is 0 Å². The molecule has 0 aromatic rings. The molecule has 2 atom stereocenters. The Balaban J connectivity index is 3.99. The van der Waals surface area contributed by atoms with Crippen LogP contribution in [0.1, 0.15) is 34.6 Å². The number of aliphatic hydroxyl groups is 1. The topological polar surface area (TPSA) is 55.8 Å². The van der Waals surface area contributed by atoms with Crippen molar-refractivity contribution in [3.8, 4) is 0 Å². The van der Waals surface area contributed by atoms with Crippen LogP contribution in [0.2, 0.25) is 0 Å². The Bertz CT molecular complexity index is 195. The lowest BCUT2D eigenvalue weighted by Crippen LogP contribution is -2.34. The molecule has 0 bridgehead atoms. The fourth-order valence-corrected chi connectivity index (χ4v) is 0.911. The maximum atomic E-state index is 11.3. The van der Waals surface area contributed by atoms with Crippen molar-refractivity contribution in [3.05, 3.63) is 0 Å². The van der Waals surface area contributed by atoms with Crippen LogP contribution in [0.4, 0.5) is 0 Å². The highest BCUT2D eigenvalue weighted by atomic mass is 16.5. The summed E-state index contributed by atoms with van der Waals surface area (Å²) in [5.74, 6) is -0.935. The summed E-state index contributed by atoms with van der Waals surface area (Å²) in [6.07, 6.45) is -0.816. The first kappa shape index (κ1) is 14.4. The zero-order valence-corrected chi connectivity index (χ0v) is 10.2. The van der Waals surface area contributed by atoms with E-state index in [2.05, 4.69) is 0 Å². The minimum atomic E-state index is -0.816. The molecule has 2 unspecified atom stereocenters. The van der Waals surface area contributed by atoms with E-state index in [0.717, 1.165) is 0 Å². The molecule has 0 radical (unpaired) electrons. The summed E-state index contributed by atoms with van der Waals surface area (Å²) in [4.78, 5) is 11.3. The third kappa shape index (κ3) is 6.47. The molecular formula is C11H22O4. The lowest BCUT2D eigenvalue weighted by Gasteiger charge is -2.24. The van der Waals surface area contributed by atoms with Crippen LogP contribution in [0.3, 0.4) is 0 Å². The summed E-state index contributed by atoms with van der Waals surface area (Å²) < 4.78 is 10.2. The lowest BCUT2D eigenvalue weighted by atomic mass is 10.1. The smallest absolute Gasteiger partial charge is 0.311 e. The summed E-state index contributed by atoms with van der Waals surface area (Å²) in [6, 6.07) is 0. The second-order valence-corrected chi connectivity index (χ2v) is 4.53. The second kappa shape index (κ2) is 6.08. The minimum Gasteiger partial charge on any atom is -0.466 e. The van der Waals surface area contributed by atoms with Gasteiger partial charge in [0.15, 0.2) is 0 Å². The Hall–Kier alpha value is -0.610. The van der Waals surface area contributed by atoms with E-state index in [9.17, 15) is 9.90 Å². The van der Waals surface area contributed by atoms with Crippen LogP contribution in [-0.2, 0) is 14.3 Å². The minimum absolute atomic E-state index is 0.142. The van der Waals surface area contributed by atoms with Crippen LogP contribution in [0.15, 0.2) is 0 Å². The lowest BCUT2D eigenvalue weighted by molar-refractivity contribution is -0.154. The zero-order chi connectivity index (χ0) is 12.1. The Morgan fingerprint density at radius 1 is 1.40 bits per heavy atom. The molecule has 0 aliphatic rings. The number of esters is 1. The molecule has 15 heavy (non-hydrogen) atoms. The third-order valence-electron chi connectivity index (χ3n) is 1.92. The first-order valence-electron chi connectivity index (χ1n) is 5.26. The van der Waals surface area contributed by atoms with Gasteiger partial charge in [-0.05, 0) is 34.6 Å². The van der Waals surface area contributed by atoms with E-state index in [1.165, 1.54) is 0 Å². The van der Waals surface area contributed by atoms with E-state index in [1.807, 2.05) is 20.8 Å².